The number of hydrazone groups is 1. The summed E-state index contributed by atoms with van der Waals surface area (Å²) < 4.78 is 1.34. The molecule has 1 amide bonds. The number of aromatic hydroxyl groups is 1. The smallest absolute Gasteiger partial charge is 0.288 e. The summed E-state index contributed by atoms with van der Waals surface area (Å²) in [4.78, 5) is 21.9. The molecule has 8 nitrogen and oxygen atoms in total. The molecule has 0 spiro atoms. The van der Waals surface area contributed by atoms with E-state index in [1.54, 1.807) is 18.2 Å². The summed E-state index contributed by atoms with van der Waals surface area (Å²) in [5.74, 6) is -0.553. The highest BCUT2D eigenvalue weighted by Crippen LogP contribution is 2.15. The molecule has 0 radical (unpaired) electrons. The first-order valence-electron chi connectivity index (χ1n) is 5.91. The molecule has 2 aromatic rings. The number of carbonyl (C=O) groups is 1. The van der Waals surface area contributed by atoms with Gasteiger partial charge < -0.3 is 9.67 Å². The number of benzene rings is 1. The van der Waals surface area contributed by atoms with Crippen molar-refractivity contribution in [3.05, 3.63) is 57.9 Å². The van der Waals surface area contributed by atoms with Crippen LogP contribution in [0.5, 0.6) is 5.75 Å². The quantitative estimate of drug-likeness (QED) is 0.503. The lowest BCUT2D eigenvalue weighted by Gasteiger charge is -2.00. The first-order chi connectivity index (χ1) is 9.99. The molecule has 1 aromatic carbocycles. The summed E-state index contributed by atoms with van der Waals surface area (Å²) in [7, 11) is 1.52. The minimum absolute atomic E-state index is 0.0324. The Balaban J connectivity index is 2.09. The second-order valence-corrected chi connectivity index (χ2v) is 4.21. The molecule has 1 aromatic heterocycles. The zero-order valence-corrected chi connectivity index (χ0v) is 11.1. The third-order valence-corrected chi connectivity index (χ3v) is 2.74. The number of aromatic nitrogens is 1. The number of phenols is 1. The molecule has 21 heavy (non-hydrogen) atoms. The van der Waals surface area contributed by atoms with E-state index in [0.717, 1.165) is 6.07 Å². The van der Waals surface area contributed by atoms with E-state index in [4.69, 9.17) is 0 Å². The van der Waals surface area contributed by atoms with Gasteiger partial charge in [-0.2, -0.15) is 5.10 Å². The lowest BCUT2D eigenvalue weighted by atomic mass is 10.2. The van der Waals surface area contributed by atoms with E-state index >= 15 is 0 Å². The van der Waals surface area contributed by atoms with Crippen LogP contribution in [0.4, 0.5) is 5.69 Å². The van der Waals surface area contributed by atoms with Crippen LogP contribution >= 0.6 is 0 Å². The number of carbonyl (C=O) groups excluding carboxylic acids is 1. The number of para-hydroxylation sites is 1. The molecule has 0 saturated carbocycles. The predicted molar refractivity (Wildman–Crippen MR) is 75.2 cm³/mol. The fourth-order valence-corrected chi connectivity index (χ4v) is 1.69. The Kier molecular flexibility index (Phi) is 3.98. The van der Waals surface area contributed by atoms with Gasteiger partial charge in [-0.05, 0) is 12.1 Å². The topological polar surface area (TPSA) is 110 Å². The molecular formula is C13H12N4O4. The molecule has 8 heteroatoms. The van der Waals surface area contributed by atoms with Crippen molar-refractivity contribution in [3.8, 4) is 5.75 Å². The molecule has 108 valence electrons. The SMILES string of the molecule is Cn1cc([N+](=O)[O-])cc1C(=O)N/N=C/c1ccccc1O. The van der Waals surface area contributed by atoms with Gasteiger partial charge in [-0.3, -0.25) is 14.9 Å². The predicted octanol–water partition coefficient (Wildman–Crippen LogP) is 1.40. The van der Waals surface area contributed by atoms with Crippen molar-refractivity contribution in [1.29, 1.82) is 0 Å². The van der Waals surface area contributed by atoms with Gasteiger partial charge in [0.25, 0.3) is 11.6 Å². The molecule has 0 bridgehead atoms. The second kappa shape index (κ2) is 5.87. The van der Waals surface area contributed by atoms with Crippen molar-refractivity contribution in [2.75, 3.05) is 0 Å². The van der Waals surface area contributed by atoms with Crippen LogP contribution in [0.1, 0.15) is 16.1 Å². The Morgan fingerprint density at radius 3 is 2.81 bits per heavy atom. The third-order valence-electron chi connectivity index (χ3n) is 2.74. The van der Waals surface area contributed by atoms with Crippen molar-refractivity contribution in [2.24, 2.45) is 12.1 Å². The van der Waals surface area contributed by atoms with Gasteiger partial charge in [0.2, 0.25) is 0 Å². The molecule has 0 aliphatic heterocycles. The minimum Gasteiger partial charge on any atom is -0.507 e. The highest BCUT2D eigenvalue weighted by molar-refractivity contribution is 5.94. The zero-order valence-electron chi connectivity index (χ0n) is 11.1. The van der Waals surface area contributed by atoms with Crippen LogP contribution in [0.3, 0.4) is 0 Å². The zero-order chi connectivity index (χ0) is 15.4. The number of aryl methyl sites for hydroxylation is 1. The van der Waals surface area contributed by atoms with Crippen molar-refractivity contribution in [1.82, 2.24) is 9.99 Å². The van der Waals surface area contributed by atoms with Crippen LogP contribution in [0.2, 0.25) is 0 Å². The van der Waals surface area contributed by atoms with Gasteiger partial charge in [0.1, 0.15) is 11.4 Å². The number of nitrogens with one attached hydrogen (secondary N) is 1. The summed E-state index contributed by atoms with van der Waals surface area (Å²) in [6.07, 6.45) is 2.52. The van der Waals surface area contributed by atoms with Gasteiger partial charge in [0.05, 0.1) is 17.3 Å². The maximum absolute atomic E-state index is 11.8. The Bertz CT molecular complexity index is 721. The van der Waals surface area contributed by atoms with E-state index in [0.29, 0.717) is 5.56 Å². The minimum atomic E-state index is -0.586. The Morgan fingerprint density at radius 1 is 1.48 bits per heavy atom. The lowest BCUT2D eigenvalue weighted by molar-refractivity contribution is -0.384. The van der Waals surface area contributed by atoms with E-state index in [1.807, 2.05) is 0 Å². The number of phenolic OH excluding ortho intramolecular Hbond substituents is 1. The average Bonchev–Trinajstić information content (AvgIpc) is 2.83. The average molecular weight is 288 g/mol. The van der Waals surface area contributed by atoms with Crippen LogP contribution in [0.15, 0.2) is 41.6 Å². The fraction of sp³-hybridized carbons (Fsp3) is 0.0769. The van der Waals surface area contributed by atoms with Gasteiger partial charge in [-0.15, -0.1) is 0 Å². The van der Waals surface area contributed by atoms with Crippen molar-refractivity contribution in [2.45, 2.75) is 0 Å². The monoisotopic (exact) mass is 288 g/mol. The number of nitrogens with zero attached hydrogens (tertiary/aromatic N) is 3. The largest absolute Gasteiger partial charge is 0.507 e. The summed E-state index contributed by atoms with van der Waals surface area (Å²) in [5, 5.41) is 23.9. The van der Waals surface area contributed by atoms with E-state index in [1.165, 1.54) is 30.1 Å². The van der Waals surface area contributed by atoms with Gasteiger partial charge >= 0.3 is 0 Å². The van der Waals surface area contributed by atoms with Crippen LogP contribution in [-0.4, -0.2) is 26.7 Å². The molecule has 1 heterocycles. The Labute approximate surface area is 119 Å². The first-order valence-corrected chi connectivity index (χ1v) is 5.91. The number of amides is 1. The first kappa shape index (κ1) is 14.3. The Morgan fingerprint density at radius 2 is 2.19 bits per heavy atom. The van der Waals surface area contributed by atoms with Crippen LogP contribution in [-0.2, 0) is 7.05 Å². The lowest BCUT2D eigenvalue weighted by Crippen LogP contribution is -2.20. The van der Waals surface area contributed by atoms with Crippen molar-refractivity contribution in [3.63, 3.8) is 0 Å². The van der Waals surface area contributed by atoms with Gasteiger partial charge in [0.15, 0.2) is 0 Å². The maximum Gasteiger partial charge on any atom is 0.288 e. The van der Waals surface area contributed by atoms with Crippen molar-refractivity contribution < 1.29 is 14.8 Å². The molecule has 0 unspecified atom stereocenters. The standard InChI is InChI=1S/C13H12N4O4/c1-16-8-10(17(20)21)6-11(16)13(19)15-14-7-9-4-2-3-5-12(9)18/h2-8,18H,1H3,(H,15,19)/b14-7+. The van der Waals surface area contributed by atoms with Gasteiger partial charge in [-0.1, -0.05) is 12.1 Å². The van der Waals surface area contributed by atoms with E-state index < -0.39 is 10.8 Å². The number of rotatable bonds is 4. The highest BCUT2D eigenvalue weighted by Gasteiger charge is 2.16. The van der Waals surface area contributed by atoms with Crippen LogP contribution < -0.4 is 5.43 Å². The normalized spacial score (nSPS) is 10.7. The number of nitro groups is 1. The van der Waals surface area contributed by atoms with Crippen LogP contribution in [0.25, 0.3) is 0 Å². The number of hydrogen-bond donors (Lipinski definition) is 2. The van der Waals surface area contributed by atoms with Crippen molar-refractivity contribution >= 4 is 17.8 Å². The van der Waals surface area contributed by atoms with Gasteiger partial charge in [-0.25, -0.2) is 5.43 Å². The Hall–Kier alpha value is -3.16. The number of hydrogen-bond acceptors (Lipinski definition) is 5. The fourth-order valence-electron chi connectivity index (χ4n) is 1.69. The molecule has 0 aliphatic rings. The molecule has 0 atom stereocenters. The summed E-state index contributed by atoms with van der Waals surface area (Å²) in [6.45, 7) is 0. The molecule has 2 rings (SSSR count). The third kappa shape index (κ3) is 3.24. The second-order valence-electron chi connectivity index (χ2n) is 4.21. The summed E-state index contributed by atoms with van der Waals surface area (Å²) in [5.41, 5.74) is 2.62. The van der Waals surface area contributed by atoms with Gasteiger partial charge in [0, 0.05) is 18.7 Å². The molecule has 2 N–H and O–H groups in total. The van der Waals surface area contributed by atoms with E-state index in [-0.39, 0.29) is 17.1 Å². The van der Waals surface area contributed by atoms with E-state index in [9.17, 15) is 20.0 Å². The molecular weight excluding hydrogens is 276 g/mol. The van der Waals surface area contributed by atoms with E-state index in [2.05, 4.69) is 10.5 Å². The molecule has 0 aliphatic carbocycles. The molecule has 0 fully saturated rings. The summed E-state index contributed by atoms with van der Waals surface area (Å²) in [6, 6.07) is 7.64. The highest BCUT2D eigenvalue weighted by atomic mass is 16.6. The van der Waals surface area contributed by atoms with Crippen LogP contribution in [0, 0.1) is 10.1 Å². The maximum atomic E-state index is 11.8. The summed E-state index contributed by atoms with van der Waals surface area (Å²) >= 11 is 0. The molecule has 0 saturated heterocycles.